The van der Waals surface area contributed by atoms with Crippen molar-refractivity contribution in [3.63, 3.8) is 0 Å². The maximum atomic E-state index is 12.7. The Balaban J connectivity index is 5.49. The van der Waals surface area contributed by atoms with Gasteiger partial charge in [-0.15, -0.1) is 0 Å². The van der Waals surface area contributed by atoms with Gasteiger partial charge in [0.1, 0.15) is 18.1 Å². The third-order valence-corrected chi connectivity index (χ3v) is 4.05. The predicted molar refractivity (Wildman–Crippen MR) is 111 cm³/mol. The molecule has 4 atom stereocenters. The van der Waals surface area contributed by atoms with Crippen LogP contribution in [-0.4, -0.2) is 87.6 Å². The second-order valence-corrected chi connectivity index (χ2v) is 6.94. The van der Waals surface area contributed by atoms with E-state index in [1.165, 1.54) is 0 Å². The minimum Gasteiger partial charge on any atom is -0.481 e. The van der Waals surface area contributed by atoms with Crippen LogP contribution in [0.2, 0.25) is 0 Å². The number of nitrogens with two attached hydrogens (primary N) is 3. The molecule has 0 aliphatic rings. The number of hydrogen-bond donors (Lipinski definition) is 9. The van der Waals surface area contributed by atoms with E-state index < -0.39 is 72.6 Å². The molecule has 0 bridgehead atoms. The zero-order chi connectivity index (χ0) is 25.7. The number of hydrogen-bond acceptors (Lipinski definition) is 8. The molecule has 186 valence electrons. The summed E-state index contributed by atoms with van der Waals surface area (Å²) in [6, 6.07) is -5.87. The Morgan fingerprint density at radius 1 is 0.818 bits per heavy atom. The molecule has 0 saturated carbocycles. The smallest absolute Gasteiger partial charge is 0.325 e. The number of guanidine groups is 1. The van der Waals surface area contributed by atoms with Crippen LogP contribution in [0, 0.1) is 0 Å². The Bertz CT molecular complexity index is 783. The molecule has 0 spiro atoms. The lowest BCUT2D eigenvalue weighted by Gasteiger charge is -2.24. The van der Waals surface area contributed by atoms with Crippen LogP contribution in [0.1, 0.15) is 32.6 Å². The number of rotatable bonds is 15. The van der Waals surface area contributed by atoms with Gasteiger partial charge in [-0.2, -0.15) is 0 Å². The van der Waals surface area contributed by atoms with E-state index >= 15 is 0 Å². The van der Waals surface area contributed by atoms with Gasteiger partial charge in [0.05, 0.1) is 18.9 Å². The molecule has 0 saturated heterocycles. The summed E-state index contributed by atoms with van der Waals surface area (Å²) in [5.41, 5.74) is 15.9. The molecule has 0 fully saturated rings. The number of carbonyl (C=O) groups is 6. The van der Waals surface area contributed by atoms with Crippen molar-refractivity contribution in [1.29, 1.82) is 0 Å². The van der Waals surface area contributed by atoms with Crippen LogP contribution in [0.5, 0.6) is 0 Å². The Labute approximate surface area is 187 Å². The number of amides is 3. The lowest BCUT2D eigenvalue weighted by atomic mass is 10.1. The summed E-state index contributed by atoms with van der Waals surface area (Å²) in [6.07, 6.45) is -1.51. The summed E-state index contributed by atoms with van der Waals surface area (Å²) in [4.78, 5) is 73.6. The van der Waals surface area contributed by atoms with Crippen LogP contribution in [0.15, 0.2) is 4.99 Å². The Morgan fingerprint density at radius 3 is 1.82 bits per heavy atom. The van der Waals surface area contributed by atoms with Crippen molar-refractivity contribution >= 4 is 41.6 Å². The normalized spacial score (nSPS) is 14.0. The number of carboxylic acid groups (broad SMARTS) is 3. The molecule has 4 unspecified atom stereocenters. The first kappa shape index (κ1) is 29.0. The highest BCUT2D eigenvalue weighted by molar-refractivity contribution is 5.96. The highest BCUT2D eigenvalue weighted by Crippen LogP contribution is 2.03. The fourth-order valence-corrected chi connectivity index (χ4v) is 2.36. The van der Waals surface area contributed by atoms with Gasteiger partial charge >= 0.3 is 17.9 Å². The molecular formula is C17H29N7O9. The van der Waals surface area contributed by atoms with E-state index in [0.29, 0.717) is 0 Å². The molecule has 16 heteroatoms. The van der Waals surface area contributed by atoms with E-state index in [0.717, 1.165) is 6.92 Å². The molecular weight excluding hydrogens is 446 g/mol. The summed E-state index contributed by atoms with van der Waals surface area (Å²) in [7, 11) is 0. The fraction of sp³-hybridized carbons (Fsp3) is 0.588. The van der Waals surface area contributed by atoms with Crippen LogP contribution in [0.3, 0.4) is 0 Å². The van der Waals surface area contributed by atoms with Gasteiger partial charge in [-0.05, 0) is 19.8 Å². The molecule has 0 aromatic carbocycles. The van der Waals surface area contributed by atoms with E-state index in [2.05, 4.69) is 15.6 Å². The van der Waals surface area contributed by atoms with Crippen molar-refractivity contribution < 1.29 is 44.1 Å². The van der Waals surface area contributed by atoms with Crippen LogP contribution in [0.4, 0.5) is 0 Å². The van der Waals surface area contributed by atoms with Gasteiger partial charge in [0.2, 0.25) is 17.7 Å². The number of carbonyl (C=O) groups excluding carboxylic acids is 3. The Kier molecular flexibility index (Phi) is 12.5. The first-order valence-electron chi connectivity index (χ1n) is 9.63. The molecule has 16 nitrogen and oxygen atoms in total. The maximum absolute atomic E-state index is 12.7. The van der Waals surface area contributed by atoms with Gasteiger partial charge in [-0.25, -0.2) is 0 Å². The molecule has 33 heavy (non-hydrogen) atoms. The van der Waals surface area contributed by atoms with Crippen molar-refractivity contribution in [2.75, 3.05) is 6.54 Å². The van der Waals surface area contributed by atoms with E-state index in [1.807, 2.05) is 5.32 Å². The van der Waals surface area contributed by atoms with Gasteiger partial charge < -0.3 is 48.5 Å². The average molecular weight is 475 g/mol. The van der Waals surface area contributed by atoms with E-state index in [-0.39, 0.29) is 25.3 Å². The third kappa shape index (κ3) is 12.5. The molecule has 0 rings (SSSR count). The summed E-state index contributed by atoms with van der Waals surface area (Å²) in [5, 5.41) is 33.1. The summed E-state index contributed by atoms with van der Waals surface area (Å²) >= 11 is 0. The fourth-order valence-electron chi connectivity index (χ4n) is 2.36. The topological polar surface area (TPSA) is 290 Å². The van der Waals surface area contributed by atoms with Crippen LogP contribution >= 0.6 is 0 Å². The Morgan fingerprint density at radius 2 is 1.33 bits per heavy atom. The first-order chi connectivity index (χ1) is 15.2. The molecule has 0 aliphatic heterocycles. The lowest BCUT2D eigenvalue weighted by molar-refractivity contribution is -0.143. The van der Waals surface area contributed by atoms with E-state index in [4.69, 9.17) is 32.5 Å². The van der Waals surface area contributed by atoms with Gasteiger partial charge in [0, 0.05) is 6.54 Å². The van der Waals surface area contributed by atoms with Gasteiger partial charge in [0.25, 0.3) is 0 Å². The standard InChI is InChI=1S/C17H29N7O9/c1-7(16(32)33)22-15(31)10(6-12(27)28)24-14(30)9(3-2-4-21-17(19)20)23-13(29)8(18)5-11(25)26/h7-10H,2-6,18H2,1H3,(H,22,31)(H,23,29)(H,24,30)(H,25,26)(H,27,28)(H,32,33)(H4,19,20,21). The number of carboxylic acids is 3. The van der Waals surface area contributed by atoms with E-state index in [9.17, 15) is 28.8 Å². The van der Waals surface area contributed by atoms with Crippen LogP contribution in [-0.2, 0) is 28.8 Å². The van der Waals surface area contributed by atoms with E-state index in [1.54, 1.807) is 0 Å². The van der Waals surface area contributed by atoms with Crippen LogP contribution in [0.25, 0.3) is 0 Å². The summed E-state index contributed by atoms with van der Waals surface area (Å²) in [6.45, 7) is 1.20. The largest absolute Gasteiger partial charge is 0.481 e. The quantitative estimate of drug-likeness (QED) is 0.0620. The van der Waals surface area contributed by atoms with Crippen molar-refractivity contribution in [3.05, 3.63) is 0 Å². The SMILES string of the molecule is CC(NC(=O)C(CC(=O)O)NC(=O)C(CCCN=C(N)N)NC(=O)C(N)CC(=O)O)C(=O)O. The molecule has 0 radical (unpaired) electrons. The first-order valence-corrected chi connectivity index (χ1v) is 9.63. The zero-order valence-corrected chi connectivity index (χ0v) is 17.8. The lowest BCUT2D eigenvalue weighted by Crippen LogP contribution is -2.57. The zero-order valence-electron chi connectivity index (χ0n) is 17.8. The molecule has 12 N–H and O–H groups in total. The summed E-state index contributed by atoms with van der Waals surface area (Å²) in [5.74, 6) is -7.45. The maximum Gasteiger partial charge on any atom is 0.325 e. The average Bonchev–Trinajstić information content (AvgIpc) is 2.68. The minimum absolute atomic E-state index is 0.0678. The van der Waals surface area contributed by atoms with Gasteiger partial charge in [-0.1, -0.05) is 0 Å². The van der Waals surface area contributed by atoms with Crippen LogP contribution < -0.4 is 33.2 Å². The highest BCUT2D eigenvalue weighted by Gasteiger charge is 2.30. The number of aliphatic imine (C=N–C) groups is 1. The number of aliphatic carboxylic acids is 3. The van der Waals surface area contributed by atoms with Crippen molar-refractivity contribution in [2.24, 2.45) is 22.2 Å². The predicted octanol–water partition coefficient (Wildman–Crippen LogP) is -4.12. The van der Waals surface area contributed by atoms with Crippen molar-refractivity contribution in [1.82, 2.24) is 16.0 Å². The molecule has 0 aromatic rings. The minimum atomic E-state index is -1.67. The second kappa shape index (κ2) is 14.2. The molecule has 3 amide bonds. The number of nitrogens with zero attached hydrogens (tertiary/aromatic N) is 1. The van der Waals surface area contributed by atoms with Gasteiger partial charge in [0.15, 0.2) is 5.96 Å². The second-order valence-electron chi connectivity index (χ2n) is 6.94. The number of nitrogens with one attached hydrogen (secondary N) is 3. The van der Waals surface area contributed by atoms with Crippen molar-refractivity contribution in [2.45, 2.75) is 56.8 Å². The molecule has 0 aromatic heterocycles. The van der Waals surface area contributed by atoms with Gasteiger partial charge in [-0.3, -0.25) is 33.8 Å². The van der Waals surface area contributed by atoms with Crippen molar-refractivity contribution in [3.8, 4) is 0 Å². The monoisotopic (exact) mass is 475 g/mol. The third-order valence-electron chi connectivity index (χ3n) is 4.05. The summed E-state index contributed by atoms with van der Waals surface area (Å²) < 4.78 is 0. The molecule has 0 heterocycles. The highest BCUT2D eigenvalue weighted by atomic mass is 16.4. The Hall–Kier alpha value is -3.95. The molecule has 0 aliphatic carbocycles.